The first-order valence-corrected chi connectivity index (χ1v) is 25.0. The van der Waals surface area contributed by atoms with Crippen LogP contribution in [0.1, 0.15) is 119 Å². The summed E-state index contributed by atoms with van der Waals surface area (Å²) >= 11 is 0. The second kappa shape index (κ2) is 17.3. The Morgan fingerprint density at radius 2 is 0.926 bits per heavy atom. The van der Waals surface area contributed by atoms with Crippen LogP contribution in [-0.4, -0.2) is 0 Å². The molecule has 0 aromatic heterocycles. The van der Waals surface area contributed by atoms with Gasteiger partial charge in [0.15, 0.2) is 0 Å². The van der Waals surface area contributed by atoms with Gasteiger partial charge in [-0.1, -0.05) is 237 Å². The molecule has 0 atom stereocenters. The average molecular weight is 882 g/mol. The molecule has 0 amide bonds. The van der Waals surface area contributed by atoms with Crippen molar-refractivity contribution in [3.63, 3.8) is 0 Å². The Labute approximate surface area is 405 Å². The van der Waals surface area contributed by atoms with Gasteiger partial charge in [0.1, 0.15) is 0 Å². The Morgan fingerprint density at radius 3 is 1.56 bits per heavy atom. The lowest BCUT2D eigenvalue weighted by molar-refractivity contribution is 0.445. The van der Waals surface area contributed by atoms with E-state index in [0.29, 0.717) is 5.92 Å². The van der Waals surface area contributed by atoms with Crippen LogP contribution in [0, 0.1) is 0 Å². The molecule has 0 bridgehead atoms. The van der Waals surface area contributed by atoms with Crippen LogP contribution in [0.15, 0.2) is 206 Å². The zero-order valence-electron chi connectivity index (χ0n) is 40.7. The Balaban J connectivity index is 1.19. The lowest BCUT2D eigenvalue weighted by Crippen LogP contribution is -2.28. The van der Waals surface area contributed by atoms with E-state index >= 15 is 0 Å². The van der Waals surface area contributed by atoms with Gasteiger partial charge in [0.05, 0.1) is 16.8 Å². The molecule has 0 aliphatic heterocycles. The van der Waals surface area contributed by atoms with Crippen molar-refractivity contribution in [2.24, 2.45) is 0 Å². The van der Waals surface area contributed by atoms with E-state index < -0.39 is 5.41 Å². The maximum Gasteiger partial charge on any atom is 0.0713 e. The number of anilines is 3. The fraction of sp³-hybridized carbons (Fsp3) is 0.224. The summed E-state index contributed by atoms with van der Waals surface area (Å²) in [6.07, 6.45) is 6.46. The highest BCUT2D eigenvalue weighted by Crippen LogP contribution is 2.57. The van der Waals surface area contributed by atoms with E-state index in [2.05, 4.69) is 253 Å². The molecule has 0 N–H and O–H groups in total. The monoisotopic (exact) mass is 881 g/mol. The van der Waals surface area contributed by atoms with Crippen molar-refractivity contribution in [2.75, 3.05) is 4.90 Å². The maximum atomic E-state index is 2.60. The summed E-state index contributed by atoms with van der Waals surface area (Å²) < 4.78 is 0. The standard InChI is InChI=1S/C67H63N/c1-65(2,3)51-43-52(66(4,5)6)45-53(44-51)68(63-39-21-18-34-58(63)59-36-23-27-47-26-22-35-55(64(47)59)46-24-10-7-11-25-46)62-38-20-17-32-54(62)48-40-41-57-56-33-16-19-37-60(56)67(61(57)42-48,49-28-12-8-13-29-49)50-30-14-9-15-31-50/h8-9,12-23,26-46H,7,10-11,24-25H2,1-6H3. The summed E-state index contributed by atoms with van der Waals surface area (Å²) in [7, 11) is 0. The van der Waals surface area contributed by atoms with Crippen LogP contribution in [0.2, 0.25) is 0 Å². The van der Waals surface area contributed by atoms with Gasteiger partial charge in [-0.2, -0.15) is 0 Å². The van der Waals surface area contributed by atoms with Crippen LogP contribution in [0.3, 0.4) is 0 Å². The smallest absolute Gasteiger partial charge is 0.0713 e. The Kier molecular flexibility index (Phi) is 11.1. The predicted molar refractivity (Wildman–Crippen MR) is 290 cm³/mol. The van der Waals surface area contributed by atoms with Gasteiger partial charge >= 0.3 is 0 Å². The molecule has 68 heavy (non-hydrogen) atoms. The van der Waals surface area contributed by atoms with Gasteiger partial charge in [0.25, 0.3) is 0 Å². The molecular formula is C67H63N. The summed E-state index contributed by atoms with van der Waals surface area (Å²) in [5, 5.41) is 2.72. The molecule has 9 aromatic carbocycles. The molecule has 11 rings (SSSR count). The minimum Gasteiger partial charge on any atom is -0.309 e. The van der Waals surface area contributed by atoms with Crippen LogP contribution in [-0.2, 0) is 16.2 Å². The van der Waals surface area contributed by atoms with Crippen LogP contribution in [0.25, 0.3) is 44.2 Å². The van der Waals surface area contributed by atoms with Gasteiger partial charge in [-0.05, 0) is 132 Å². The molecule has 0 unspecified atom stereocenters. The fourth-order valence-corrected chi connectivity index (χ4v) is 11.8. The first kappa shape index (κ1) is 43.6. The van der Waals surface area contributed by atoms with Gasteiger partial charge in [0.2, 0.25) is 0 Å². The van der Waals surface area contributed by atoms with Crippen LogP contribution in [0.4, 0.5) is 17.1 Å². The SMILES string of the molecule is CC(C)(C)c1cc(N(c2ccccc2-c2ccc3c(c2)C(c2ccccc2)(c2ccccc2)c2ccccc2-3)c2ccccc2-c2cccc3cccc(C4CCCCC4)c23)cc(C(C)(C)C)c1. The third-order valence-corrected chi connectivity index (χ3v) is 15.2. The van der Waals surface area contributed by atoms with Crippen molar-refractivity contribution < 1.29 is 0 Å². The number of hydrogen-bond acceptors (Lipinski definition) is 1. The van der Waals surface area contributed by atoms with Crippen molar-refractivity contribution in [3.8, 4) is 33.4 Å². The molecule has 0 radical (unpaired) electrons. The summed E-state index contributed by atoms with van der Waals surface area (Å²) in [5.74, 6) is 0.570. The van der Waals surface area contributed by atoms with E-state index in [0.717, 1.165) is 5.69 Å². The molecule has 0 saturated heterocycles. The van der Waals surface area contributed by atoms with E-state index in [1.54, 1.807) is 0 Å². The number of hydrogen-bond donors (Lipinski definition) is 0. The van der Waals surface area contributed by atoms with E-state index in [4.69, 9.17) is 0 Å². The molecule has 1 fully saturated rings. The first-order valence-electron chi connectivity index (χ1n) is 25.0. The van der Waals surface area contributed by atoms with Gasteiger partial charge in [-0.25, -0.2) is 0 Å². The van der Waals surface area contributed by atoms with E-state index in [9.17, 15) is 0 Å². The van der Waals surface area contributed by atoms with Crippen molar-refractivity contribution in [3.05, 3.63) is 245 Å². The van der Waals surface area contributed by atoms with E-state index in [-0.39, 0.29) is 10.8 Å². The molecule has 1 heteroatoms. The molecular weight excluding hydrogens is 819 g/mol. The normalized spacial score (nSPS) is 14.7. The number of rotatable bonds is 8. The van der Waals surface area contributed by atoms with Crippen molar-refractivity contribution >= 4 is 27.8 Å². The summed E-state index contributed by atoms with van der Waals surface area (Å²) in [4.78, 5) is 2.60. The Hall–Kier alpha value is -6.96. The second-order valence-corrected chi connectivity index (χ2v) is 21.5. The third-order valence-electron chi connectivity index (χ3n) is 15.2. The largest absolute Gasteiger partial charge is 0.309 e. The van der Waals surface area contributed by atoms with E-state index in [1.807, 2.05) is 0 Å². The molecule has 2 aliphatic rings. The predicted octanol–water partition coefficient (Wildman–Crippen LogP) is 18.6. The van der Waals surface area contributed by atoms with Crippen molar-refractivity contribution in [1.82, 2.24) is 0 Å². The van der Waals surface area contributed by atoms with Crippen LogP contribution >= 0.6 is 0 Å². The zero-order chi connectivity index (χ0) is 46.6. The van der Waals surface area contributed by atoms with Crippen LogP contribution in [0.5, 0.6) is 0 Å². The van der Waals surface area contributed by atoms with Gasteiger partial charge in [-0.3, -0.25) is 0 Å². The first-order chi connectivity index (χ1) is 33.0. The van der Waals surface area contributed by atoms with Crippen molar-refractivity contribution in [1.29, 1.82) is 0 Å². The van der Waals surface area contributed by atoms with Gasteiger partial charge in [0, 0.05) is 16.8 Å². The van der Waals surface area contributed by atoms with Gasteiger partial charge in [-0.15, -0.1) is 0 Å². The molecule has 1 nitrogen and oxygen atoms in total. The summed E-state index contributed by atoms with van der Waals surface area (Å²) in [5.41, 5.74) is 19.7. The lowest BCUT2D eigenvalue weighted by Gasteiger charge is -2.35. The van der Waals surface area contributed by atoms with Crippen LogP contribution < -0.4 is 4.90 Å². The highest BCUT2D eigenvalue weighted by atomic mass is 15.1. The number of fused-ring (bicyclic) bond motifs is 4. The Morgan fingerprint density at radius 1 is 0.412 bits per heavy atom. The third kappa shape index (κ3) is 7.48. The minimum atomic E-state index is -0.501. The maximum absolute atomic E-state index is 2.60. The average Bonchev–Trinajstić information content (AvgIpc) is 3.67. The van der Waals surface area contributed by atoms with E-state index in [1.165, 1.54) is 127 Å². The molecule has 9 aromatic rings. The molecule has 0 spiro atoms. The highest BCUT2D eigenvalue weighted by Gasteiger charge is 2.46. The zero-order valence-corrected chi connectivity index (χ0v) is 40.7. The molecule has 0 heterocycles. The quantitative estimate of drug-likeness (QED) is 0.147. The minimum absolute atomic E-state index is 0.0710. The second-order valence-electron chi connectivity index (χ2n) is 21.5. The number of benzene rings is 9. The lowest BCUT2D eigenvalue weighted by atomic mass is 9.67. The van der Waals surface area contributed by atoms with Crippen molar-refractivity contribution in [2.45, 2.75) is 95.8 Å². The molecule has 1 saturated carbocycles. The molecule has 2 aliphatic carbocycles. The fourth-order valence-electron chi connectivity index (χ4n) is 11.8. The summed E-state index contributed by atoms with van der Waals surface area (Å²) in [6.45, 7) is 14.1. The Bertz CT molecular complexity index is 3200. The summed E-state index contributed by atoms with van der Waals surface area (Å²) in [6, 6.07) is 78.4. The van der Waals surface area contributed by atoms with Gasteiger partial charge < -0.3 is 4.90 Å². The molecule has 336 valence electrons. The number of nitrogens with zero attached hydrogens (tertiary/aromatic N) is 1. The highest BCUT2D eigenvalue weighted by molar-refractivity contribution is 6.04. The number of para-hydroxylation sites is 2. The topological polar surface area (TPSA) is 3.24 Å².